The number of hydrogen-bond donors (Lipinski definition) is 4. The minimum absolute atomic E-state index is 0.212. The summed E-state index contributed by atoms with van der Waals surface area (Å²) in [5.41, 5.74) is 7.34. The van der Waals surface area contributed by atoms with E-state index in [-0.39, 0.29) is 12.5 Å². The Labute approximate surface area is 174 Å². The van der Waals surface area contributed by atoms with Gasteiger partial charge >= 0.3 is 0 Å². The quantitative estimate of drug-likeness (QED) is 0.516. The number of thiocarbonyl (C=S) groups is 1. The van der Waals surface area contributed by atoms with Crippen LogP contribution in [0.3, 0.4) is 0 Å². The van der Waals surface area contributed by atoms with Gasteiger partial charge in [0.25, 0.3) is 5.91 Å². The van der Waals surface area contributed by atoms with Crippen molar-refractivity contribution in [1.82, 2.24) is 16.0 Å². The molecule has 0 aromatic heterocycles. The Bertz CT molecular complexity index is 933. The molecule has 3 rings (SSSR count). The van der Waals surface area contributed by atoms with Crippen LogP contribution in [0.25, 0.3) is 0 Å². The Morgan fingerprint density at radius 2 is 1.83 bits per heavy atom. The zero-order valence-corrected chi connectivity index (χ0v) is 16.5. The monoisotopic (exact) mass is 410 g/mol. The smallest absolute Gasteiger partial charge is 0.255 e. The summed E-state index contributed by atoms with van der Waals surface area (Å²) in [5, 5.41) is 9.35. The van der Waals surface area contributed by atoms with Crippen molar-refractivity contribution in [3.63, 3.8) is 0 Å². The normalized spacial score (nSPS) is 18.3. The molecular weight excluding hydrogens is 388 g/mol. The molecule has 0 bridgehead atoms. The minimum Gasteiger partial charge on any atom is -0.483 e. The summed E-state index contributed by atoms with van der Waals surface area (Å²) in [6, 6.07) is 16.2. The summed E-state index contributed by atoms with van der Waals surface area (Å²) in [7, 11) is 0. The maximum absolute atomic E-state index is 13.0. The molecule has 1 aliphatic rings. The van der Waals surface area contributed by atoms with Crippen LogP contribution in [0.1, 0.15) is 17.2 Å². The van der Waals surface area contributed by atoms with Crippen LogP contribution in [-0.4, -0.2) is 23.5 Å². The maximum Gasteiger partial charge on any atom is 0.255 e. The number of para-hydroxylation sites is 1. The molecule has 29 heavy (non-hydrogen) atoms. The van der Waals surface area contributed by atoms with Gasteiger partial charge in [-0.3, -0.25) is 9.59 Å². The molecule has 2 atom stereocenters. The summed E-state index contributed by atoms with van der Waals surface area (Å²) in [6.07, 6.45) is 0. The average Bonchev–Trinajstić information content (AvgIpc) is 2.71. The second kappa shape index (κ2) is 9.20. The van der Waals surface area contributed by atoms with E-state index in [2.05, 4.69) is 22.5 Å². The van der Waals surface area contributed by atoms with Crippen LogP contribution >= 0.6 is 12.2 Å². The van der Waals surface area contributed by atoms with Crippen LogP contribution in [0.4, 0.5) is 0 Å². The first kappa shape index (κ1) is 20.3. The van der Waals surface area contributed by atoms with E-state index < -0.39 is 17.9 Å². The molecule has 150 valence electrons. The van der Waals surface area contributed by atoms with E-state index in [9.17, 15) is 9.59 Å². The van der Waals surface area contributed by atoms with E-state index in [1.54, 1.807) is 12.1 Å². The second-order valence-corrected chi connectivity index (χ2v) is 6.98. The zero-order chi connectivity index (χ0) is 20.8. The lowest BCUT2D eigenvalue weighted by Crippen LogP contribution is -2.52. The van der Waals surface area contributed by atoms with Crippen LogP contribution in [0.5, 0.6) is 5.75 Å². The average molecular weight is 410 g/mol. The highest BCUT2D eigenvalue weighted by Crippen LogP contribution is 2.35. The predicted molar refractivity (Wildman–Crippen MR) is 114 cm³/mol. The van der Waals surface area contributed by atoms with Gasteiger partial charge in [-0.15, -0.1) is 0 Å². The van der Waals surface area contributed by atoms with E-state index in [4.69, 9.17) is 22.7 Å². The lowest BCUT2D eigenvalue weighted by molar-refractivity contribution is -0.125. The molecule has 0 radical (unpaired) electrons. The number of ether oxygens (including phenoxy) is 1. The van der Waals surface area contributed by atoms with Gasteiger partial charge in [-0.2, -0.15) is 0 Å². The van der Waals surface area contributed by atoms with Crippen LogP contribution in [0.15, 0.2) is 66.9 Å². The van der Waals surface area contributed by atoms with Crippen LogP contribution in [0, 0.1) is 5.92 Å². The van der Waals surface area contributed by atoms with Gasteiger partial charge < -0.3 is 26.4 Å². The summed E-state index contributed by atoms with van der Waals surface area (Å²) in [4.78, 5) is 24.2. The molecule has 1 aliphatic heterocycles. The van der Waals surface area contributed by atoms with Crippen molar-refractivity contribution >= 4 is 29.1 Å². The Morgan fingerprint density at radius 1 is 1.14 bits per heavy atom. The first-order valence-electron chi connectivity index (χ1n) is 9.03. The van der Waals surface area contributed by atoms with Crippen molar-refractivity contribution in [2.45, 2.75) is 12.6 Å². The Balaban J connectivity index is 1.84. The number of carbonyl (C=O) groups is 2. The number of nitrogens with two attached hydrogens (primary N) is 1. The number of primary amides is 1. The molecule has 2 aromatic carbocycles. The first-order valence-corrected chi connectivity index (χ1v) is 9.44. The van der Waals surface area contributed by atoms with Crippen molar-refractivity contribution < 1.29 is 14.3 Å². The topological polar surface area (TPSA) is 105 Å². The van der Waals surface area contributed by atoms with Gasteiger partial charge in [-0.1, -0.05) is 55.1 Å². The lowest BCUT2D eigenvalue weighted by atomic mass is 9.87. The third-order valence-electron chi connectivity index (χ3n) is 4.49. The predicted octanol–water partition coefficient (Wildman–Crippen LogP) is 1.52. The molecule has 1 saturated heterocycles. The van der Waals surface area contributed by atoms with E-state index in [0.717, 1.165) is 5.56 Å². The van der Waals surface area contributed by atoms with Gasteiger partial charge in [0, 0.05) is 17.8 Å². The summed E-state index contributed by atoms with van der Waals surface area (Å²) in [6.45, 7) is 4.11. The molecule has 8 heteroatoms. The first-order chi connectivity index (χ1) is 14.0. The second-order valence-electron chi connectivity index (χ2n) is 6.58. The third kappa shape index (κ3) is 5.11. The van der Waals surface area contributed by atoms with E-state index >= 15 is 0 Å². The minimum atomic E-state index is -0.649. The van der Waals surface area contributed by atoms with Gasteiger partial charge in [0.15, 0.2) is 11.7 Å². The molecule has 7 nitrogen and oxygen atoms in total. The zero-order valence-electron chi connectivity index (χ0n) is 15.7. The molecule has 5 N–H and O–H groups in total. The summed E-state index contributed by atoms with van der Waals surface area (Å²) < 4.78 is 5.54. The van der Waals surface area contributed by atoms with Gasteiger partial charge in [0.05, 0.1) is 6.04 Å². The molecule has 0 spiro atoms. The summed E-state index contributed by atoms with van der Waals surface area (Å²) >= 11 is 5.26. The largest absolute Gasteiger partial charge is 0.483 e. The molecule has 0 saturated carbocycles. The number of benzene rings is 2. The van der Waals surface area contributed by atoms with Gasteiger partial charge in [0.2, 0.25) is 5.91 Å². The van der Waals surface area contributed by atoms with Crippen molar-refractivity contribution in [3.8, 4) is 5.75 Å². The molecule has 0 aliphatic carbocycles. The highest BCUT2D eigenvalue weighted by atomic mass is 32.1. The fraction of sp³-hybridized carbons (Fsp3) is 0.190. The van der Waals surface area contributed by atoms with Crippen molar-refractivity contribution in [2.75, 3.05) is 6.61 Å². The Kier molecular flexibility index (Phi) is 6.46. The van der Waals surface area contributed by atoms with Gasteiger partial charge in [-0.05, 0) is 23.8 Å². The highest BCUT2D eigenvalue weighted by molar-refractivity contribution is 7.80. The molecule has 1 fully saturated rings. The third-order valence-corrected chi connectivity index (χ3v) is 4.71. The van der Waals surface area contributed by atoms with Crippen molar-refractivity contribution in [3.05, 3.63) is 78.0 Å². The van der Waals surface area contributed by atoms with Crippen molar-refractivity contribution in [1.29, 1.82) is 0 Å². The van der Waals surface area contributed by atoms with Crippen LogP contribution in [-0.2, 0) is 16.1 Å². The number of carbonyl (C=O) groups excluding carboxylic acids is 2. The van der Waals surface area contributed by atoms with Crippen molar-refractivity contribution in [2.24, 2.45) is 11.7 Å². The fourth-order valence-electron chi connectivity index (χ4n) is 3.17. The summed E-state index contributed by atoms with van der Waals surface area (Å²) in [5.74, 6) is -1.00. The molecule has 2 aromatic rings. The van der Waals surface area contributed by atoms with Crippen LogP contribution in [0.2, 0.25) is 0 Å². The number of amides is 2. The fourth-order valence-corrected chi connectivity index (χ4v) is 3.42. The van der Waals surface area contributed by atoms with Crippen LogP contribution < -0.4 is 26.4 Å². The van der Waals surface area contributed by atoms with E-state index in [0.29, 0.717) is 28.7 Å². The molecule has 0 unspecified atom stereocenters. The highest BCUT2D eigenvalue weighted by Gasteiger charge is 2.37. The number of rotatable bonds is 7. The lowest BCUT2D eigenvalue weighted by Gasteiger charge is -2.36. The van der Waals surface area contributed by atoms with Gasteiger partial charge in [0.1, 0.15) is 11.7 Å². The molecule has 2 amide bonds. The number of hydrogen-bond acceptors (Lipinski definition) is 4. The maximum atomic E-state index is 13.0. The molecule has 1 heterocycles. The number of nitrogens with one attached hydrogen (secondary N) is 3. The standard InChI is InChI=1S/C21H22N4O3S/c1-13-18(20(27)23-11-14-7-3-2-4-8-14)19(25-21(29)24-13)15-9-5-6-10-16(15)28-12-17(22)26/h2-10,18-19H,1,11-12H2,(H2,22,26)(H,23,27)(H2,24,25,29)/t18-,19+/m0/s1. The SMILES string of the molecule is C=C1NC(=S)N[C@H](c2ccccc2OCC(N)=O)[C@H]1C(=O)NCc1ccccc1. The van der Waals surface area contributed by atoms with E-state index in [1.165, 1.54) is 0 Å². The van der Waals surface area contributed by atoms with E-state index in [1.807, 2.05) is 42.5 Å². The van der Waals surface area contributed by atoms with Gasteiger partial charge in [-0.25, -0.2) is 0 Å². The Morgan fingerprint density at radius 3 is 2.55 bits per heavy atom. The molecular formula is C21H22N4O3S. The Hall–Kier alpha value is -3.39.